The highest BCUT2D eigenvalue weighted by Crippen LogP contribution is 2.25. The van der Waals surface area contributed by atoms with Crippen LogP contribution in [0.15, 0.2) is 58.8 Å². The number of fused-ring (bicyclic) bond motifs is 1. The maximum Gasteiger partial charge on any atom is 0.250 e. The van der Waals surface area contributed by atoms with Gasteiger partial charge in [-0.25, -0.2) is 13.1 Å². The molecule has 0 saturated carbocycles. The molecule has 0 fully saturated rings. The zero-order valence-electron chi connectivity index (χ0n) is 13.9. The fourth-order valence-electron chi connectivity index (χ4n) is 2.67. The van der Waals surface area contributed by atoms with Crippen molar-refractivity contribution >= 4 is 49.6 Å². The van der Waals surface area contributed by atoms with Crippen molar-refractivity contribution < 1.29 is 13.2 Å². The highest BCUT2D eigenvalue weighted by molar-refractivity contribution is 7.91. The minimum atomic E-state index is -3.75. The zero-order valence-corrected chi connectivity index (χ0v) is 16.3. The third-order valence-corrected chi connectivity index (χ3v) is 7.03. The first kappa shape index (κ1) is 18.8. The Kier molecular flexibility index (Phi) is 5.62. The molecule has 1 aromatic heterocycles. The molecule has 1 unspecified atom stereocenters. The molecule has 3 rings (SSSR count). The number of hydrogen-bond acceptors (Lipinski definition) is 4. The smallest absolute Gasteiger partial charge is 0.250 e. The largest absolute Gasteiger partial charge is 0.348 e. The normalized spacial score (nSPS) is 12.8. The van der Waals surface area contributed by atoms with Gasteiger partial charge in [-0.15, -0.1) is 11.3 Å². The Morgan fingerprint density at radius 2 is 1.85 bits per heavy atom. The fourth-order valence-corrected chi connectivity index (χ4v) is 5.18. The van der Waals surface area contributed by atoms with E-state index in [0.29, 0.717) is 4.34 Å². The molecule has 1 heterocycles. The quantitative estimate of drug-likeness (QED) is 0.652. The van der Waals surface area contributed by atoms with Crippen molar-refractivity contribution in [2.75, 3.05) is 6.54 Å². The first-order chi connectivity index (χ1) is 12.4. The number of amides is 1. The van der Waals surface area contributed by atoms with Crippen molar-refractivity contribution in [1.29, 1.82) is 0 Å². The summed E-state index contributed by atoms with van der Waals surface area (Å²) in [4.78, 5) is 12.2. The molecule has 0 saturated heterocycles. The van der Waals surface area contributed by atoms with E-state index in [1.165, 1.54) is 12.1 Å². The average molecular weight is 409 g/mol. The molecule has 0 aliphatic rings. The summed E-state index contributed by atoms with van der Waals surface area (Å²) in [6.07, 6.45) is 0. The number of thiophene rings is 1. The second-order valence-corrected chi connectivity index (χ2v) is 9.45. The maximum atomic E-state index is 12.2. The van der Waals surface area contributed by atoms with Gasteiger partial charge in [-0.1, -0.05) is 54.1 Å². The van der Waals surface area contributed by atoms with Crippen molar-refractivity contribution in [3.8, 4) is 0 Å². The van der Waals surface area contributed by atoms with E-state index < -0.39 is 15.9 Å². The molecule has 0 bridgehead atoms. The summed E-state index contributed by atoms with van der Waals surface area (Å²) in [5, 5.41) is 4.97. The molecule has 3 aromatic rings. The monoisotopic (exact) mass is 408 g/mol. The molecule has 2 N–H and O–H groups in total. The lowest BCUT2D eigenvalue weighted by Crippen LogP contribution is -2.37. The van der Waals surface area contributed by atoms with Gasteiger partial charge in [0.2, 0.25) is 5.91 Å². The van der Waals surface area contributed by atoms with Crippen LogP contribution in [0.1, 0.15) is 18.5 Å². The molecule has 1 atom stereocenters. The van der Waals surface area contributed by atoms with E-state index in [2.05, 4.69) is 10.0 Å². The second kappa shape index (κ2) is 7.75. The lowest BCUT2D eigenvalue weighted by Gasteiger charge is -2.17. The van der Waals surface area contributed by atoms with Gasteiger partial charge in [0.25, 0.3) is 10.0 Å². The number of benzene rings is 2. The number of rotatable bonds is 6. The van der Waals surface area contributed by atoms with Crippen LogP contribution in [0.25, 0.3) is 10.8 Å². The third kappa shape index (κ3) is 4.24. The number of carbonyl (C=O) groups is 1. The molecule has 0 aliphatic carbocycles. The Labute approximate surface area is 161 Å². The van der Waals surface area contributed by atoms with E-state index in [0.717, 1.165) is 27.7 Å². The lowest BCUT2D eigenvalue weighted by atomic mass is 10.00. The van der Waals surface area contributed by atoms with Crippen LogP contribution in [0.5, 0.6) is 0 Å². The van der Waals surface area contributed by atoms with E-state index in [-0.39, 0.29) is 16.8 Å². The Balaban J connectivity index is 1.66. The van der Waals surface area contributed by atoms with Gasteiger partial charge < -0.3 is 5.32 Å². The molecule has 0 radical (unpaired) electrons. The van der Waals surface area contributed by atoms with E-state index in [1.54, 1.807) is 0 Å². The van der Waals surface area contributed by atoms with Gasteiger partial charge in [0.15, 0.2) is 0 Å². The van der Waals surface area contributed by atoms with Crippen molar-refractivity contribution in [2.45, 2.75) is 17.2 Å². The fraction of sp³-hybridized carbons (Fsp3) is 0.167. The van der Waals surface area contributed by atoms with Crippen LogP contribution in [-0.4, -0.2) is 20.9 Å². The molecule has 1 amide bonds. The molecule has 2 aromatic carbocycles. The Morgan fingerprint density at radius 1 is 1.12 bits per heavy atom. The van der Waals surface area contributed by atoms with Gasteiger partial charge in [0, 0.05) is 0 Å². The molecule has 8 heteroatoms. The summed E-state index contributed by atoms with van der Waals surface area (Å²) in [6.45, 7) is 1.53. The van der Waals surface area contributed by atoms with Crippen molar-refractivity contribution in [2.24, 2.45) is 0 Å². The van der Waals surface area contributed by atoms with Gasteiger partial charge >= 0.3 is 0 Å². The van der Waals surface area contributed by atoms with Gasteiger partial charge in [-0.3, -0.25) is 4.79 Å². The Bertz CT molecular complexity index is 1040. The predicted octanol–water partition coefficient (Wildman–Crippen LogP) is 3.71. The maximum absolute atomic E-state index is 12.2. The first-order valence-corrected chi connectivity index (χ1v) is 10.6. The van der Waals surface area contributed by atoms with E-state index in [9.17, 15) is 13.2 Å². The SMILES string of the molecule is CC(NC(=O)CNS(=O)(=O)c1ccc(Cl)s1)c1cccc2ccccc12. The minimum Gasteiger partial charge on any atom is -0.348 e. The van der Waals surface area contributed by atoms with Crippen molar-refractivity contribution in [3.63, 3.8) is 0 Å². The summed E-state index contributed by atoms with van der Waals surface area (Å²) in [5.74, 6) is -0.406. The highest BCUT2D eigenvalue weighted by Gasteiger charge is 2.19. The third-order valence-electron chi connectivity index (χ3n) is 3.90. The average Bonchev–Trinajstić information content (AvgIpc) is 3.07. The minimum absolute atomic E-state index is 0.0809. The van der Waals surface area contributed by atoms with Gasteiger partial charge in [-0.2, -0.15) is 0 Å². The molecule has 5 nitrogen and oxygen atoms in total. The summed E-state index contributed by atoms with van der Waals surface area (Å²) in [5.41, 5.74) is 0.976. The topological polar surface area (TPSA) is 75.3 Å². The van der Waals surface area contributed by atoms with Crippen molar-refractivity contribution in [3.05, 3.63) is 64.5 Å². The van der Waals surface area contributed by atoms with Crippen LogP contribution < -0.4 is 10.0 Å². The molecular formula is C18H17ClN2O3S2. The van der Waals surface area contributed by atoms with Crippen LogP contribution in [0.2, 0.25) is 4.34 Å². The number of carbonyl (C=O) groups excluding carboxylic acids is 1. The molecule has 26 heavy (non-hydrogen) atoms. The predicted molar refractivity (Wildman–Crippen MR) is 105 cm³/mol. The Morgan fingerprint density at radius 3 is 2.58 bits per heavy atom. The molecule has 136 valence electrons. The number of nitrogens with one attached hydrogen (secondary N) is 2. The van der Waals surface area contributed by atoms with E-state index in [4.69, 9.17) is 11.6 Å². The number of halogens is 1. The van der Waals surface area contributed by atoms with Crippen LogP contribution in [0, 0.1) is 0 Å². The van der Waals surface area contributed by atoms with Crippen LogP contribution in [0.3, 0.4) is 0 Å². The van der Waals surface area contributed by atoms with Crippen molar-refractivity contribution in [1.82, 2.24) is 10.0 Å². The number of sulfonamides is 1. The second-order valence-electron chi connectivity index (χ2n) is 5.74. The molecular weight excluding hydrogens is 392 g/mol. The number of hydrogen-bond donors (Lipinski definition) is 2. The first-order valence-electron chi connectivity index (χ1n) is 7.89. The standard InChI is InChI=1S/C18H17ClN2O3S2/c1-12(14-8-4-6-13-5-2-3-7-15(13)14)21-17(22)11-20-26(23,24)18-10-9-16(19)25-18/h2-10,12,20H,11H2,1H3,(H,21,22). The van der Waals surface area contributed by atoms with Gasteiger partial charge in [0.1, 0.15) is 4.21 Å². The summed E-state index contributed by atoms with van der Waals surface area (Å²) >= 11 is 6.70. The summed E-state index contributed by atoms with van der Waals surface area (Å²) in [6, 6.07) is 16.5. The van der Waals surface area contributed by atoms with Gasteiger partial charge in [0.05, 0.1) is 16.9 Å². The van der Waals surface area contributed by atoms with Crippen LogP contribution in [0.4, 0.5) is 0 Å². The Hall–Kier alpha value is -1.93. The zero-order chi connectivity index (χ0) is 18.7. The molecule has 0 aliphatic heterocycles. The van der Waals surface area contributed by atoms with Crippen LogP contribution in [-0.2, 0) is 14.8 Å². The summed E-state index contributed by atoms with van der Waals surface area (Å²) < 4.78 is 27.0. The van der Waals surface area contributed by atoms with E-state index >= 15 is 0 Å². The summed E-state index contributed by atoms with van der Waals surface area (Å²) in [7, 11) is -3.75. The lowest BCUT2D eigenvalue weighted by molar-refractivity contribution is -0.120. The molecule has 0 spiro atoms. The highest BCUT2D eigenvalue weighted by atomic mass is 35.5. The van der Waals surface area contributed by atoms with Crippen LogP contribution >= 0.6 is 22.9 Å². The van der Waals surface area contributed by atoms with Gasteiger partial charge in [-0.05, 0) is 35.4 Å². The van der Waals surface area contributed by atoms with E-state index in [1.807, 2.05) is 49.4 Å².